The first-order valence-electron chi connectivity index (χ1n) is 4.66. The van der Waals surface area contributed by atoms with Crippen LogP contribution in [0.5, 0.6) is 0 Å². The Balaban J connectivity index is -0.00000000775. The predicted octanol–water partition coefficient (Wildman–Crippen LogP) is -2.94. The van der Waals surface area contributed by atoms with Gasteiger partial charge < -0.3 is 63.3 Å². The molecule has 196 valence electrons. The van der Waals surface area contributed by atoms with E-state index in [0.29, 0.717) is 0 Å². The molecule has 0 spiro atoms. The first-order chi connectivity index (χ1) is 14.6. The Labute approximate surface area is 210 Å². The molecule has 0 saturated carbocycles. The van der Waals surface area contributed by atoms with Crippen molar-refractivity contribution in [3.63, 3.8) is 0 Å². The fraction of sp³-hybridized carbons (Fsp3) is 0.176. The molecule has 0 rings (SSSR count). The molecule has 0 aromatic heterocycles. The van der Waals surface area contributed by atoms with Gasteiger partial charge in [-0.05, 0) is 13.8 Å². The molecule has 0 aliphatic rings. The summed E-state index contributed by atoms with van der Waals surface area (Å²) in [7, 11) is 0. The largest absolute Gasteiger partial charge is 0.545 e. The third kappa shape index (κ3) is 95300. The van der Waals surface area contributed by atoms with Crippen LogP contribution in [0.4, 0.5) is 0 Å². The Bertz CT molecular complexity index is 204. The zero-order chi connectivity index (χ0) is 29.2. The van der Waals surface area contributed by atoms with Crippen LogP contribution in [0.3, 0.4) is 0 Å². The van der Waals surface area contributed by atoms with Gasteiger partial charge in [0.15, 0.2) is 0 Å². The molecule has 32 heavy (non-hydrogen) atoms. The van der Waals surface area contributed by atoms with Gasteiger partial charge in [0.05, 0.1) is 5.54 Å². The molecule has 0 aromatic carbocycles. The van der Waals surface area contributed by atoms with Crippen molar-refractivity contribution in [2.24, 2.45) is 5.73 Å². The van der Waals surface area contributed by atoms with Gasteiger partial charge in [-0.25, -0.2) is 0 Å². The Morgan fingerprint density at radius 1 is 0.438 bits per heavy atom. The van der Waals surface area contributed by atoms with Gasteiger partial charge in [0, 0.05) is 33.6 Å². The maximum Gasteiger partial charge on any atom is 0.0716 e. The van der Waals surface area contributed by atoms with Crippen LogP contribution in [0.15, 0.2) is 0 Å². The average molecular weight is 549 g/mol. The fourth-order valence-electron chi connectivity index (χ4n) is 0. The van der Waals surface area contributed by atoms with Crippen LogP contribution in [0.25, 0.3) is 0 Å². The average Bonchev–Trinajstić information content (AvgIpc) is 2.93. The minimum absolute atomic E-state index is 0. The van der Waals surface area contributed by atoms with E-state index < -0.39 is 5.54 Å². The Kier molecular flexibility index (Phi) is 5620. The van der Waals surface area contributed by atoms with Gasteiger partial charge in [-0.15, -0.1) is 6.42 Å². The molecule has 0 aromatic rings. The van der Waals surface area contributed by atoms with Gasteiger partial charge in [0.25, 0.3) is 0 Å². The van der Waals surface area contributed by atoms with Crippen LogP contribution in [0.2, 0.25) is 0 Å². The third-order valence-corrected chi connectivity index (χ3v) is 0.372. The summed E-state index contributed by atoms with van der Waals surface area (Å²) in [6.45, 7) is 42.6. The fourth-order valence-corrected chi connectivity index (χ4v) is 0. The minimum atomic E-state index is -0.431. The van der Waals surface area contributed by atoms with Crippen molar-refractivity contribution in [3.8, 4) is 12.3 Å². The smallest absolute Gasteiger partial charge is 0.0716 e. The molecule has 0 aliphatic heterocycles. The molecule has 0 amide bonds. The van der Waals surface area contributed by atoms with Crippen LogP contribution in [-0.2, 0) is 91.1 Å². The maximum absolute atomic E-state index is 7.75. The number of terminal acetylenes is 1. The minimum Gasteiger partial charge on any atom is -0.545 e. The molecule has 0 fully saturated rings. The number of nitrogens with two attached hydrogens (primary N) is 1. The van der Waals surface area contributed by atoms with E-state index in [1.54, 1.807) is 13.8 Å². The predicted molar refractivity (Wildman–Crippen MR) is 108 cm³/mol. The van der Waals surface area contributed by atoms with E-state index in [1.165, 1.54) is 0 Å². The molecule has 13 nitrogen and oxygen atoms in total. The van der Waals surface area contributed by atoms with E-state index in [1.807, 2.05) is 0 Å². The molecule has 0 saturated heterocycles. The van der Waals surface area contributed by atoms with Crippen molar-refractivity contribution < 1.29 is 91.1 Å². The van der Waals surface area contributed by atoms with Gasteiger partial charge in [0.1, 0.15) is 0 Å². The molecule has 0 atom stereocenters. The van der Waals surface area contributed by atoms with Crippen molar-refractivity contribution >= 4 is 81.5 Å². The number of hydrogen-bond donors (Lipinski definition) is 1. The van der Waals surface area contributed by atoms with Crippen LogP contribution in [-0.4, -0.2) is 87.0 Å². The van der Waals surface area contributed by atoms with E-state index in [9.17, 15) is 0 Å². The van der Waals surface area contributed by atoms with Crippen LogP contribution in [0, 0.1) is 12.3 Å². The van der Waals surface area contributed by atoms with Crippen molar-refractivity contribution in [2.75, 3.05) is 0 Å². The Hall–Kier alpha value is -3.43. The van der Waals surface area contributed by atoms with Crippen molar-refractivity contribution in [2.45, 2.75) is 19.4 Å². The number of hydrogen-bond acceptors (Lipinski definition) is 13. The number of rotatable bonds is 0. The summed E-state index contributed by atoms with van der Waals surface area (Å²) in [5.41, 5.74) is 4.87. The summed E-state index contributed by atoms with van der Waals surface area (Å²) < 4.78 is 0. The normalized spacial score (nSPS) is 3.44. The SMILES string of the molecule is C#CC(C)(C)N.[CH-]=O.[CH-]=O.[CH-]=O.[CH-]=O.[CH-]=O.[CH-]=O.[CH-]=O.[CH-]=O.[CH-]=O.[CH-]=O.[CH-]=O.[CH-]=O.[Co].[Co]. The van der Waals surface area contributed by atoms with Crippen molar-refractivity contribution in [1.82, 2.24) is 0 Å². The summed E-state index contributed by atoms with van der Waals surface area (Å²) in [6, 6.07) is 0. The second-order valence-corrected chi connectivity index (χ2v) is 1.87. The topological polar surface area (TPSA) is 231 Å². The number of carbonyl (C=O) groups excluding carboxylic acids is 12. The van der Waals surface area contributed by atoms with E-state index in [0.717, 1.165) is 0 Å². The van der Waals surface area contributed by atoms with Crippen molar-refractivity contribution in [1.29, 1.82) is 0 Å². The first-order valence-corrected chi connectivity index (χ1v) is 4.66. The van der Waals surface area contributed by atoms with E-state index in [-0.39, 0.29) is 33.6 Å². The van der Waals surface area contributed by atoms with Gasteiger partial charge in [-0.3, -0.25) is 81.5 Å². The molecule has 0 heterocycles. The summed E-state index contributed by atoms with van der Waals surface area (Å²) in [5.74, 6) is 2.38. The van der Waals surface area contributed by atoms with Gasteiger partial charge in [-0.2, -0.15) is 0 Å². The second kappa shape index (κ2) is 1530. The summed E-state index contributed by atoms with van der Waals surface area (Å²) >= 11 is 0. The van der Waals surface area contributed by atoms with Gasteiger partial charge in [-0.1, -0.05) is 5.92 Å². The monoisotopic (exact) mass is 549 g/mol. The molecule has 0 bridgehead atoms. The van der Waals surface area contributed by atoms with Gasteiger partial charge in [0.2, 0.25) is 0 Å². The zero-order valence-corrected chi connectivity index (χ0v) is 18.7. The van der Waals surface area contributed by atoms with Crippen LogP contribution < -0.4 is 5.73 Å². The maximum atomic E-state index is 7.75. The molecule has 0 aliphatic carbocycles. The standard InChI is InChI=1S/C5H9N.12CHO.2Co/c1-4-5(2,3)6;12*1-2;;/h1H,6H2,2-3H3;12*1H;;/q;12*-1;;. The van der Waals surface area contributed by atoms with E-state index in [2.05, 4.69) is 87.4 Å². The van der Waals surface area contributed by atoms with Crippen LogP contribution in [0.1, 0.15) is 13.8 Å². The van der Waals surface area contributed by atoms with E-state index in [4.69, 9.17) is 69.7 Å². The van der Waals surface area contributed by atoms with Crippen molar-refractivity contribution in [3.05, 3.63) is 0 Å². The quantitative estimate of drug-likeness (QED) is 0.181. The van der Waals surface area contributed by atoms with Gasteiger partial charge >= 0.3 is 0 Å². The summed E-state index contributed by atoms with van der Waals surface area (Å²) in [6.07, 6.45) is 4.93. The first kappa shape index (κ1) is 118. The van der Waals surface area contributed by atoms with Crippen LogP contribution >= 0.6 is 0 Å². The molecular weight excluding hydrogens is 528 g/mol. The Morgan fingerprint density at radius 3 is 0.469 bits per heavy atom. The summed E-state index contributed by atoms with van der Waals surface area (Å²) in [5, 5.41) is 0. The molecule has 15 heteroatoms. The molecular formula is C17H21Co2NO12-12. The molecule has 2 radical (unpaired) electrons. The Morgan fingerprint density at radius 2 is 0.469 bits per heavy atom. The zero-order valence-electron chi connectivity index (χ0n) is 16.6. The second-order valence-electron chi connectivity index (χ2n) is 1.87. The molecule has 0 unspecified atom stereocenters. The summed E-state index contributed by atoms with van der Waals surface area (Å²) in [4.78, 5) is 93.0. The van der Waals surface area contributed by atoms with E-state index >= 15 is 0 Å². The molecule has 2 N–H and O–H groups in total. The third-order valence-electron chi connectivity index (χ3n) is 0.372.